The molecule has 7 nitrogen and oxygen atoms in total. The minimum Gasteiger partial charge on any atom is -0.352 e. The molecule has 12 heteroatoms. The van der Waals surface area contributed by atoms with E-state index in [9.17, 15) is 26.8 Å². The van der Waals surface area contributed by atoms with Gasteiger partial charge in [-0.25, -0.2) is 17.2 Å². The summed E-state index contributed by atoms with van der Waals surface area (Å²) in [4.78, 5) is 27.5. The standard InChI is InChI=1S/C25H31Cl2F2N3O4S/c1-5-16(2)30-25(34)17(3)31(15-18-8-10-20(26)21(27)13-18)24(33)7-6-12-32(37(4,35)36)19-9-11-22(28)23(29)14-19/h8-11,13-14,16-17H,5-7,12,15H2,1-4H3,(H,30,34)/t16-,17+/m1/s1. The van der Waals surface area contributed by atoms with Gasteiger partial charge < -0.3 is 10.2 Å². The zero-order valence-electron chi connectivity index (χ0n) is 21.1. The molecule has 0 unspecified atom stereocenters. The smallest absolute Gasteiger partial charge is 0.242 e. The van der Waals surface area contributed by atoms with Crippen molar-refractivity contribution in [2.75, 3.05) is 17.1 Å². The molecular weight excluding hydrogens is 547 g/mol. The maximum absolute atomic E-state index is 13.7. The maximum atomic E-state index is 13.7. The van der Waals surface area contributed by atoms with Crippen LogP contribution in [0.1, 0.15) is 45.6 Å². The average Bonchev–Trinajstić information content (AvgIpc) is 2.82. The summed E-state index contributed by atoms with van der Waals surface area (Å²) in [7, 11) is -3.84. The Labute approximate surface area is 226 Å². The average molecular weight is 579 g/mol. The molecule has 204 valence electrons. The Morgan fingerprint density at radius 1 is 1.03 bits per heavy atom. The zero-order chi connectivity index (χ0) is 27.9. The Morgan fingerprint density at radius 3 is 2.27 bits per heavy atom. The minimum atomic E-state index is -3.84. The molecule has 2 atom stereocenters. The van der Waals surface area contributed by atoms with Crippen LogP contribution >= 0.6 is 23.2 Å². The molecule has 2 rings (SSSR count). The third kappa shape index (κ3) is 8.83. The zero-order valence-corrected chi connectivity index (χ0v) is 23.4. The number of carbonyl (C=O) groups is 2. The topological polar surface area (TPSA) is 86.8 Å². The number of amides is 2. The first-order chi connectivity index (χ1) is 17.2. The van der Waals surface area contributed by atoms with Crippen molar-refractivity contribution >= 4 is 50.7 Å². The van der Waals surface area contributed by atoms with Gasteiger partial charge in [0.1, 0.15) is 6.04 Å². The highest BCUT2D eigenvalue weighted by atomic mass is 35.5. The Balaban J connectivity index is 2.22. The summed E-state index contributed by atoms with van der Waals surface area (Å²) in [5, 5.41) is 3.52. The van der Waals surface area contributed by atoms with Crippen LogP contribution in [0.3, 0.4) is 0 Å². The molecular formula is C25H31Cl2F2N3O4S. The molecule has 0 bridgehead atoms. The lowest BCUT2D eigenvalue weighted by atomic mass is 10.1. The van der Waals surface area contributed by atoms with Gasteiger partial charge >= 0.3 is 0 Å². The molecule has 0 aliphatic carbocycles. The fourth-order valence-electron chi connectivity index (χ4n) is 3.53. The lowest BCUT2D eigenvalue weighted by molar-refractivity contribution is -0.140. The highest BCUT2D eigenvalue weighted by molar-refractivity contribution is 7.92. The van der Waals surface area contributed by atoms with Crippen LogP contribution in [-0.2, 0) is 26.2 Å². The van der Waals surface area contributed by atoms with E-state index in [1.165, 1.54) is 4.90 Å². The highest BCUT2D eigenvalue weighted by Gasteiger charge is 2.27. The molecule has 2 amide bonds. The van der Waals surface area contributed by atoms with E-state index in [1.54, 1.807) is 25.1 Å². The molecule has 0 fully saturated rings. The van der Waals surface area contributed by atoms with Crippen molar-refractivity contribution in [1.29, 1.82) is 0 Å². The predicted molar refractivity (Wildman–Crippen MR) is 142 cm³/mol. The van der Waals surface area contributed by atoms with Crippen molar-refractivity contribution in [3.05, 3.63) is 63.6 Å². The molecule has 0 saturated carbocycles. The molecule has 37 heavy (non-hydrogen) atoms. The molecule has 0 saturated heterocycles. The Kier molecular flexibility index (Phi) is 11.1. The third-order valence-electron chi connectivity index (χ3n) is 5.85. The Bertz CT molecular complexity index is 1230. The van der Waals surface area contributed by atoms with Crippen molar-refractivity contribution in [2.24, 2.45) is 0 Å². The van der Waals surface area contributed by atoms with Crippen molar-refractivity contribution in [1.82, 2.24) is 10.2 Å². The third-order valence-corrected chi connectivity index (χ3v) is 7.78. The maximum Gasteiger partial charge on any atom is 0.242 e. The molecule has 0 aromatic heterocycles. The van der Waals surface area contributed by atoms with Crippen molar-refractivity contribution in [3.8, 4) is 0 Å². The SMILES string of the molecule is CC[C@@H](C)NC(=O)[C@H](C)N(Cc1ccc(Cl)c(Cl)c1)C(=O)CCCN(c1ccc(F)c(F)c1)S(C)(=O)=O. The number of hydrogen-bond acceptors (Lipinski definition) is 4. The first kappa shape index (κ1) is 30.8. The molecule has 0 aliphatic rings. The van der Waals surface area contributed by atoms with Crippen LogP contribution in [0.5, 0.6) is 0 Å². The lowest BCUT2D eigenvalue weighted by Crippen LogP contribution is -2.49. The number of rotatable bonds is 12. The normalized spacial score (nSPS) is 13.1. The van der Waals surface area contributed by atoms with Gasteiger partial charge in [-0.1, -0.05) is 36.2 Å². The number of hydrogen-bond donors (Lipinski definition) is 1. The van der Waals surface area contributed by atoms with Gasteiger partial charge in [0.05, 0.1) is 22.0 Å². The fraction of sp³-hybridized carbons (Fsp3) is 0.440. The van der Waals surface area contributed by atoms with E-state index in [0.29, 0.717) is 22.0 Å². The van der Waals surface area contributed by atoms with Crippen LogP contribution in [0.25, 0.3) is 0 Å². The van der Waals surface area contributed by atoms with Gasteiger partial charge in [0.25, 0.3) is 0 Å². The molecule has 0 radical (unpaired) electrons. The summed E-state index contributed by atoms with van der Waals surface area (Å²) in [6, 6.07) is 6.77. The van der Waals surface area contributed by atoms with E-state index in [2.05, 4.69) is 5.32 Å². The fourth-order valence-corrected chi connectivity index (χ4v) is 4.80. The van der Waals surface area contributed by atoms with E-state index in [1.807, 2.05) is 13.8 Å². The van der Waals surface area contributed by atoms with Crippen molar-refractivity contribution in [2.45, 2.75) is 58.7 Å². The molecule has 1 N–H and O–H groups in total. The van der Waals surface area contributed by atoms with Crippen molar-refractivity contribution < 1.29 is 26.8 Å². The minimum absolute atomic E-state index is 0.0530. The molecule has 2 aromatic rings. The number of sulfonamides is 1. The summed E-state index contributed by atoms with van der Waals surface area (Å²) in [5.74, 6) is -3.01. The number of anilines is 1. The second-order valence-corrected chi connectivity index (χ2v) is 11.5. The largest absolute Gasteiger partial charge is 0.352 e. The number of nitrogens with one attached hydrogen (secondary N) is 1. The summed E-state index contributed by atoms with van der Waals surface area (Å²) in [6.45, 7) is 5.31. The van der Waals surface area contributed by atoms with Crippen LogP contribution in [0.4, 0.5) is 14.5 Å². The van der Waals surface area contributed by atoms with Gasteiger partial charge in [-0.2, -0.15) is 0 Å². The molecule has 2 aromatic carbocycles. The van der Waals surface area contributed by atoms with Crippen LogP contribution in [0, 0.1) is 11.6 Å². The van der Waals surface area contributed by atoms with Crippen LogP contribution < -0.4 is 9.62 Å². The second-order valence-electron chi connectivity index (χ2n) is 8.80. The van der Waals surface area contributed by atoms with E-state index in [-0.39, 0.29) is 43.6 Å². The summed E-state index contributed by atoms with van der Waals surface area (Å²) in [6.07, 6.45) is 1.62. The molecule has 0 aliphatic heterocycles. The monoisotopic (exact) mass is 577 g/mol. The highest BCUT2D eigenvalue weighted by Crippen LogP contribution is 2.25. The first-order valence-electron chi connectivity index (χ1n) is 11.7. The van der Waals surface area contributed by atoms with E-state index in [0.717, 1.165) is 28.8 Å². The van der Waals surface area contributed by atoms with Crippen LogP contribution in [-0.4, -0.2) is 50.0 Å². The number of halogens is 4. The number of nitrogens with zero attached hydrogens (tertiary/aromatic N) is 2. The second kappa shape index (κ2) is 13.4. The molecule has 0 spiro atoms. The summed E-state index contributed by atoms with van der Waals surface area (Å²) >= 11 is 12.1. The first-order valence-corrected chi connectivity index (χ1v) is 14.3. The number of carbonyl (C=O) groups excluding carboxylic acids is 2. The van der Waals surface area contributed by atoms with Gasteiger partial charge in [-0.05, 0) is 56.5 Å². The Morgan fingerprint density at radius 2 is 1.70 bits per heavy atom. The van der Waals surface area contributed by atoms with Crippen LogP contribution in [0.15, 0.2) is 36.4 Å². The van der Waals surface area contributed by atoms with Crippen LogP contribution in [0.2, 0.25) is 10.0 Å². The summed E-state index contributed by atoms with van der Waals surface area (Å²) in [5.41, 5.74) is 0.605. The van der Waals surface area contributed by atoms with Gasteiger partial charge in [0, 0.05) is 31.6 Å². The summed E-state index contributed by atoms with van der Waals surface area (Å²) < 4.78 is 52.6. The van der Waals surface area contributed by atoms with E-state index in [4.69, 9.17) is 23.2 Å². The van der Waals surface area contributed by atoms with E-state index >= 15 is 0 Å². The number of benzene rings is 2. The van der Waals surface area contributed by atoms with Crippen molar-refractivity contribution in [3.63, 3.8) is 0 Å². The molecule has 0 heterocycles. The van der Waals surface area contributed by atoms with Gasteiger partial charge in [0.15, 0.2) is 11.6 Å². The van der Waals surface area contributed by atoms with Gasteiger partial charge in [-0.3, -0.25) is 13.9 Å². The van der Waals surface area contributed by atoms with Gasteiger partial charge in [-0.15, -0.1) is 0 Å². The Hall–Kier alpha value is -2.43. The predicted octanol–water partition coefficient (Wildman–Crippen LogP) is 5.15. The lowest BCUT2D eigenvalue weighted by Gasteiger charge is -2.30. The quantitative estimate of drug-likeness (QED) is 0.378. The van der Waals surface area contributed by atoms with E-state index < -0.39 is 33.6 Å². The van der Waals surface area contributed by atoms with Gasteiger partial charge in [0.2, 0.25) is 21.8 Å².